The predicted molar refractivity (Wildman–Crippen MR) is 77.9 cm³/mol. The van der Waals surface area contributed by atoms with E-state index in [0.717, 1.165) is 15.6 Å². The fourth-order valence-electron chi connectivity index (χ4n) is 1.69. The molecule has 1 atom stereocenters. The van der Waals surface area contributed by atoms with Crippen LogP contribution in [0.5, 0.6) is 0 Å². The van der Waals surface area contributed by atoms with E-state index in [0.29, 0.717) is 11.4 Å². The second-order valence-corrected chi connectivity index (χ2v) is 5.81. The Morgan fingerprint density at radius 2 is 1.78 bits per heavy atom. The van der Waals surface area contributed by atoms with Gasteiger partial charge < -0.3 is 0 Å². The van der Waals surface area contributed by atoms with Gasteiger partial charge >= 0.3 is 0 Å². The first-order valence-electron chi connectivity index (χ1n) is 5.40. The van der Waals surface area contributed by atoms with Gasteiger partial charge in [-0.15, -0.1) is 11.6 Å². The largest absolute Gasteiger partial charge is 0.207 e. The first-order valence-corrected chi connectivity index (χ1v) is 7.00. The highest BCUT2D eigenvalue weighted by Crippen LogP contribution is 2.32. The summed E-state index contributed by atoms with van der Waals surface area (Å²) in [7, 11) is 0. The maximum absolute atomic E-state index is 12.8. The van der Waals surface area contributed by atoms with Crippen LogP contribution in [0.25, 0.3) is 0 Å². The van der Waals surface area contributed by atoms with Gasteiger partial charge in [-0.2, -0.15) is 0 Å². The summed E-state index contributed by atoms with van der Waals surface area (Å²) in [4.78, 5) is 0. The average Bonchev–Trinajstić information content (AvgIpc) is 2.32. The molecule has 0 bridgehead atoms. The van der Waals surface area contributed by atoms with Crippen LogP contribution in [0, 0.1) is 5.82 Å². The SMILES string of the molecule is Fc1ccc(CC(Cl)c2ccc(Br)cc2Cl)cc1. The summed E-state index contributed by atoms with van der Waals surface area (Å²) in [5, 5.41) is 0.405. The van der Waals surface area contributed by atoms with E-state index in [-0.39, 0.29) is 11.2 Å². The van der Waals surface area contributed by atoms with Crippen molar-refractivity contribution in [2.24, 2.45) is 0 Å². The average molecular weight is 348 g/mol. The van der Waals surface area contributed by atoms with Crippen molar-refractivity contribution in [2.75, 3.05) is 0 Å². The van der Waals surface area contributed by atoms with Crippen molar-refractivity contribution in [3.8, 4) is 0 Å². The minimum atomic E-state index is -0.244. The summed E-state index contributed by atoms with van der Waals surface area (Å²) < 4.78 is 13.7. The molecule has 0 nitrogen and oxygen atoms in total. The smallest absolute Gasteiger partial charge is 0.123 e. The molecule has 0 fully saturated rings. The summed E-state index contributed by atoms with van der Waals surface area (Å²) in [6, 6.07) is 11.9. The van der Waals surface area contributed by atoms with Crippen LogP contribution < -0.4 is 0 Å². The van der Waals surface area contributed by atoms with Crippen LogP contribution in [-0.2, 0) is 6.42 Å². The highest BCUT2D eigenvalue weighted by molar-refractivity contribution is 9.10. The zero-order chi connectivity index (χ0) is 13.1. The Morgan fingerprint density at radius 3 is 2.39 bits per heavy atom. The van der Waals surface area contributed by atoms with E-state index in [1.54, 1.807) is 12.1 Å². The molecule has 1 unspecified atom stereocenters. The van der Waals surface area contributed by atoms with E-state index >= 15 is 0 Å². The van der Waals surface area contributed by atoms with E-state index in [9.17, 15) is 4.39 Å². The monoisotopic (exact) mass is 346 g/mol. The maximum Gasteiger partial charge on any atom is 0.123 e. The molecule has 0 saturated carbocycles. The maximum atomic E-state index is 12.8. The molecule has 0 heterocycles. The molecular weight excluding hydrogens is 338 g/mol. The van der Waals surface area contributed by atoms with Crippen molar-refractivity contribution in [3.63, 3.8) is 0 Å². The molecular formula is C14H10BrCl2F. The Labute approximate surface area is 124 Å². The minimum Gasteiger partial charge on any atom is -0.207 e. The first kappa shape index (κ1) is 13.9. The van der Waals surface area contributed by atoms with Crippen molar-refractivity contribution in [3.05, 3.63) is 68.9 Å². The standard InChI is InChI=1S/C14H10BrCl2F/c15-10-3-6-12(14(17)8-10)13(16)7-9-1-4-11(18)5-2-9/h1-6,8,13H,7H2. The lowest BCUT2D eigenvalue weighted by Gasteiger charge is -2.12. The van der Waals surface area contributed by atoms with E-state index in [1.807, 2.05) is 18.2 Å². The Morgan fingerprint density at radius 1 is 1.11 bits per heavy atom. The van der Waals surface area contributed by atoms with Crippen molar-refractivity contribution in [1.82, 2.24) is 0 Å². The van der Waals surface area contributed by atoms with Crippen molar-refractivity contribution in [1.29, 1.82) is 0 Å². The molecule has 0 aliphatic rings. The Balaban J connectivity index is 2.16. The van der Waals surface area contributed by atoms with Crippen LogP contribution in [0.1, 0.15) is 16.5 Å². The second-order valence-electron chi connectivity index (χ2n) is 3.96. The molecule has 0 aliphatic heterocycles. The van der Waals surface area contributed by atoms with Crippen LogP contribution in [0.15, 0.2) is 46.9 Å². The van der Waals surface area contributed by atoms with E-state index in [1.165, 1.54) is 12.1 Å². The molecule has 94 valence electrons. The molecule has 2 aromatic rings. The topological polar surface area (TPSA) is 0 Å². The third kappa shape index (κ3) is 3.47. The molecule has 0 aliphatic carbocycles. The molecule has 0 aromatic heterocycles. The fourth-order valence-corrected chi connectivity index (χ4v) is 2.92. The summed E-state index contributed by atoms with van der Waals surface area (Å²) >= 11 is 15.8. The number of rotatable bonds is 3. The number of hydrogen-bond acceptors (Lipinski definition) is 0. The highest BCUT2D eigenvalue weighted by atomic mass is 79.9. The van der Waals surface area contributed by atoms with Gasteiger partial charge in [0.25, 0.3) is 0 Å². The van der Waals surface area contributed by atoms with E-state index < -0.39 is 0 Å². The summed E-state index contributed by atoms with van der Waals surface area (Å²) in [5.74, 6) is -0.244. The number of hydrogen-bond donors (Lipinski definition) is 0. The lowest BCUT2D eigenvalue weighted by Crippen LogP contribution is -1.97. The third-order valence-electron chi connectivity index (χ3n) is 2.63. The van der Waals surface area contributed by atoms with Gasteiger partial charge in [0.15, 0.2) is 0 Å². The number of alkyl halides is 1. The van der Waals surface area contributed by atoms with Crippen LogP contribution in [-0.4, -0.2) is 0 Å². The van der Waals surface area contributed by atoms with Crippen LogP contribution in [0.3, 0.4) is 0 Å². The van der Waals surface area contributed by atoms with Crippen molar-refractivity contribution in [2.45, 2.75) is 11.8 Å². The minimum absolute atomic E-state index is 0.226. The van der Waals surface area contributed by atoms with Gasteiger partial charge in [0.05, 0.1) is 5.38 Å². The van der Waals surface area contributed by atoms with Gasteiger partial charge in [-0.3, -0.25) is 0 Å². The van der Waals surface area contributed by atoms with Crippen molar-refractivity contribution >= 4 is 39.1 Å². The predicted octanol–water partition coefficient (Wildman–Crippen LogP) is 5.76. The van der Waals surface area contributed by atoms with Crippen LogP contribution in [0.4, 0.5) is 4.39 Å². The fraction of sp³-hybridized carbons (Fsp3) is 0.143. The molecule has 4 heteroatoms. The molecule has 0 radical (unpaired) electrons. The number of benzene rings is 2. The van der Waals surface area contributed by atoms with E-state index in [2.05, 4.69) is 15.9 Å². The second kappa shape index (κ2) is 6.05. The Bertz CT molecular complexity index is 540. The molecule has 0 saturated heterocycles. The summed E-state index contributed by atoms with van der Waals surface area (Å²) in [6.45, 7) is 0. The zero-order valence-electron chi connectivity index (χ0n) is 9.34. The molecule has 0 N–H and O–H groups in total. The van der Waals surface area contributed by atoms with E-state index in [4.69, 9.17) is 23.2 Å². The van der Waals surface area contributed by atoms with Gasteiger partial charge in [0.2, 0.25) is 0 Å². The lowest BCUT2D eigenvalue weighted by atomic mass is 10.0. The number of halogens is 4. The molecule has 18 heavy (non-hydrogen) atoms. The summed E-state index contributed by atoms with van der Waals surface area (Å²) in [5.41, 5.74) is 1.86. The van der Waals surface area contributed by atoms with Crippen LogP contribution in [0.2, 0.25) is 5.02 Å². The Hall–Kier alpha value is -0.570. The van der Waals surface area contributed by atoms with Gasteiger partial charge in [-0.1, -0.05) is 45.7 Å². The van der Waals surface area contributed by atoms with Gasteiger partial charge in [-0.25, -0.2) is 4.39 Å². The normalized spacial score (nSPS) is 12.4. The van der Waals surface area contributed by atoms with Crippen LogP contribution >= 0.6 is 39.1 Å². The quantitative estimate of drug-likeness (QED) is 0.619. The molecule has 0 amide bonds. The molecule has 0 spiro atoms. The lowest BCUT2D eigenvalue weighted by molar-refractivity contribution is 0.627. The highest BCUT2D eigenvalue weighted by Gasteiger charge is 2.12. The van der Waals surface area contributed by atoms with Gasteiger partial charge in [0, 0.05) is 9.50 Å². The van der Waals surface area contributed by atoms with Crippen molar-refractivity contribution < 1.29 is 4.39 Å². The van der Waals surface area contributed by atoms with Gasteiger partial charge in [-0.05, 0) is 41.8 Å². The molecule has 2 aromatic carbocycles. The molecule has 2 rings (SSSR count). The summed E-state index contributed by atoms with van der Waals surface area (Å²) in [6.07, 6.45) is 0.614. The first-order chi connectivity index (χ1) is 8.56. The third-order valence-corrected chi connectivity index (χ3v) is 3.84. The zero-order valence-corrected chi connectivity index (χ0v) is 12.4. The van der Waals surface area contributed by atoms with Gasteiger partial charge in [0.1, 0.15) is 5.82 Å². The Kier molecular flexibility index (Phi) is 4.66.